The van der Waals surface area contributed by atoms with Crippen LogP contribution < -0.4 is 15.0 Å². The van der Waals surface area contributed by atoms with Crippen molar-refractivity contribution in [2.45, 2.75) is 12.8 Å². The zero-order chi connectivity index (χ0) is 22.3. The zero-order valence-corrected chi connectivity index (χ0v) is 17.8. The van der Waals surface area contributed by atoms with Crippen LogP contribution in [0.2, 0.25) is 0 Å². The molecule has 4 aromatic rings. The molecule has 0 atom stereocenters. The number of H-pyrrole nitrogens is 1. The number of ether oxygens (including phenoxy) is 1. The number of hydrogen-bond donors (Lipinski definition) is 3. The van der Waals surface area contributed by atoms with Crippen molar-refractivity contribution in [3.63, 3.8) is 0 Å². The van der Waals surface area contributed by atoms with Crippen molar-refractivity contribution in [1.29, 1.82) is 0 Å². The Bertz CT molecular complexity index is 1200. The number of methoxy groups -OCH3 is 1. The van der Waals surface area contributed by atoms with Gasteiger partial charge in [-0.3, -0.25) is 4.79 Å². The van der Waals surface area contributed by atoms with Crippen LogP contribution in [0.25, 0.3) is 22.1 Å². The lowest BCUT2D eigenvalue weighted by molar-refractivity contribution is 0.0940. The molecule has 1 saturated heterocycles. The van der Waals surface area contributed by atoms with E-state index in [1.807, 2.05) is 24.3 Å². The summed E-state index contributed by atoms with van der Waals surface area (Å²) in [5.74, 6) is 1.27. The van der Waals surface area contributed by atoms with Gasteiger partial charge < -0.3 is 25.0 Å². The molecule has 32 heavy (non-hydrogen) atoms. The van der Waals surface area contributed by atoms with Gasteiger partial charge in [0.1, 0.15) is 23.3 Å². The van der Waals surface area contributed by atoms with Gasteiger partial charge >= 0.3 is 0 Å². The highest BCUT2D eigenvalue weighted by Crippen LogP contribution is 2.25. The Morgan fingerprint density at radius 2 is 2.03 bits per heavy atom. The molecule has 1 aliphatic heterocycles. The van der Waals surface area contributed by atoms with E-state index in [4.69, 9.17) is 9.84 Å². The van der Waals surface area contributed by atoms with E-state index in [-0.39, 0.29) is 24.8 Å². The number of imidazole rings is 1. The number of aromatic nitrogens is 5. The molecule has 5 rings (SSSR count). The first-order valence-corrected chi connectivity index (χ1v) is 10.4. The fourth-order valence-electron chi connectivity index (χ4n) is 3.61. The summed E-state index contributed by atoms with van der Waals surface area (Å²) in [6, 6.07) is 9.04. The zero-order valence-electron chi connectivity index (χ0n) is 17.8. The van der Waals surface area contributed by atoms with Gasteiger partial charge in [-0.2, -0.15) is 0 Å². The Kier molecular flexibility index (Phi) is 6.71. The van der Waals surface area contributed by atoms with Crippen LogP contribution in [-0.4, -0.2) is 69.3 Å². The maximum Gasteiger partial charge on any atom is 0.270 e. The van der Waals surface area contributed by atoms with E-state index in [0.29, 0.717) is 11.3 Å². The van der Waals surface area contributed by atoms with Gasteiger partial charge in [-0.05, 0) is 25.0 Å². The van der Waals surface area contributed by atoms with Crippen molar-refractivity contribution < 1.29 is 14.6 Å². The number of amides is 1. The van der Waals surface area contributed by atoms with Crippen LogP contribution in [0, 0.1) is 0 Å². The number of anilines is 1. The van der Waals surface area contributed by atoms with E-state index in [1.54, 1.807) is 25.8 Å². The molecule has 1 amide bonds. The molecule has 3 N–H and O–H groups in total. The van der Waals surface area contributed by atoms with Gasteiger partial charge in [-0.25, -0.2) is 19.9 Å². The van der Waals surface area contributed by atoms with Gasteiger partial charge in [-0.15, -0.1) is 0 Å². The molecule has 166 valence electrons. The van der Waals surface area contributed by atoms with E-state index in [9.17, 15) is 4.79 Å². The quantitative estimate of drug-likeness (QED) is 0.434. The molecule has 0 radical (unpaired) electrons. The molecule has 0 bridgehead atoms. The average molecular weight is 435 g/mol. The van der Waals surface area contributed by atoms with E-state index in [2.05, 4.69) is 35.1 Å². The number of aromatic amines is 1. The van der Waals surface area contributed by atoms with Gasteiger partial charge in [0, 0.05) is 31.1 Å². The number of aliphatic hydroxyl groups excluding tert-OH is 1. The fourth-order valence-corrected chi connectivity index (χ4v) is 3.61. The van der Waals surface area contributed by atoms with Crippen LogP contribution in [0.5, 0.6) is 5.75 Å². The third kappa shape index (κ3) is 4.59. The molecule has 10 nitrogen and oxygen atoms in total. The molecule has 10 heteroatoms. The fraction of sp³-hybridized carbons (Fsp3) is 0.318. The number of para-hydroxylation sites is 1. The van der Waals surface area contributed by atoms with Crippen LogP contribution in [0.1, 0.15) is 23.3 Å². The molecular formula is C22H25N7O3. The minimum Gasteiger partial charge on any atom is -0.496 e. The lowest BCUT2D eigenvalue weighted by Crippen LogP contribution is -2.27. The summed E-state index contributed by atoms with van der Waals surface area (Å²) in [6.07, 6.45) is 5.75. The predicted octanol–water partition coefficient (Wildman–Crippen LogP) is 1.92. The standard InChI is InChI=1S/C13H14N2O3.C9H11N5/c1-18-12-8-11(13(17)14-6-7-16)15-10-5-3-2-4-9(10)12;1-2-4-14(3-1)9-7-8(11-5-10-7)12-6-13-9/h2-5,8,16H,6-7H2,1H3,(H,14,17);5-6H,1-4H2,(H,10,11,12,13). The highest BCUT2D eigenvalue weighted by Gasteiger charge is 2.17. The Morgan fingerprint density at radius 1 is 1.22 bits per heavy atom. The van der Waals surface area contributed by atoms with Crippen LogP contribution in [0.15, 0.2) is 43.0 Å². The second-order valence-electron chi connectivity index (χ2n) is 7.20. The molecule has 0 saturated carbocycles. The number of carbonyl (C=O) groups is 1. The van der Waals surface area contributed by atoms with E-state index in [0.717, 1.165) is 35.5 Å². The minimum absolute atomic E-state index is 0.101. The van der Waals surface area contributed by atoms with Gasteiger partial charge in [0.2, 0.25) is 0 Å². The van der Waals surface area contributed by atoms with Crippen LogP contribution in [0.4, 0.5) is 5.82 Å². The summed E-state index contributed by atoms with van der Waals surface area (Å²) < 4.78 is 5.25. The van der Waals surface area contributed by atoms with Crippen molar-refractivity contribution in [3.05, 3.63) is 48.7 Å². The second-order valence-corrected chi connectivity index (χ2v) is 7.20. The number of benzene rings is 1. The molecular weight excluding hydrogens is 410 g/mol. The van der Waals surface area contributed by atoms with Gasteiger partial charge in [0.15, 0.2) is 11.5 Å². The second kappa shape index (κ2) is 10.0. The van der Waals surface area contributed by atoms with E-state index < -0.39 is 0 Å². The lowest BCUT2D eigenvalue weighted by atomic mass is 10.2. The summed E-state index contributed by atoms with van der Waals surface area (Å²) in [5.41, 5.74) is 2.68. The summed E-state index contributed by atoms with van der Waals surface area (Å²) in [7, 11) is 1.55. The Labute approximate surface area is 184 Å². The highest BCUT2D eigenvalue weighted by atomic mass is 16.5. The molecule has 1 aliphatic rings. The third-order valence-electron chi connectivity index (χ3n) is 5.14. The highest BCUT2D eigenvalue weighted by molar-refractivity contribution is 5.97. The first-order chi connectivity index (χ1) is 15.7. The first-order valence-electron chi connectivity index (χ1n) is 10.4. The SMILES string of the molecule is COc1cc(C(=O)NCCO)nc2ccccc12.c1nc(N2CCCC2)c2[nH]cnc2n1. The number of aliphatic hydroxyl groups is 1. The van der Waals surface area contributed by atoms with Crippen molar-refractivity contribution >= 4 is 33.8 Å². The van der Waals surface area contributed by atoms with Crippen molar-refractivity contribution in [2.75, 3.05) is 38.3 Å². The van der Waals surface area contributed by atoms with Crippen molar-refractivity contribution in [2.24, 2.45) is 0 Å². The molecule has 0 unspecified atom stereocenters. The molecule has 1 fully saturated rings. The van der Waals surface area contributed by atoms with Crippen molar-refractivity contribution in [1.82, 2.24) is 30.2 Å². The topological polar surface area (TPSA) is 129 Å². The number of fused-ring (bicyclic) bond motifs is 2. The average Bonchev–Trinajstić information content (AvgIpc) is 3.54. The number of rotatable bonds is 5. The van der Waals surface area contributed by atoms with Crippen LogP contribution in [0.3, 0.4) is 0 Å². The van der Waals surface area contributed by atoms with Crippen LogP contribution in [-0.2, 0) is 0 Å². The van der Waals surface area contributed by atoms with Crippen LogP contribution >= 0.6 is 0 Å². The molecule has 0 spiro atoms. The molecule has 1 aromatic carbocycles. The van der Waals surface area contributed by atoms with Gasteiger partial charge in [0.25, 0.3) is 5.91 Å². The maximum atomic E-state index is 11.8. The van der Waals surface area contributed by atoms with Gasteiger partial charge in [-0.1, -0.05) is 12.1 Å². The summed E-state index contributed by atoms with van der Waals surface area (Å²) in [4.78, 5) is 33.9. The number of pyridine rings is 1. The first kappa shape index (κ1) is 21.4. The Balaban J connectivity index is 0.000000157. The molecule has 0 aliphatic carbocycles. The van der Waals surface area contributed by atoms with Crippen molar-refractivity contribution in [3.8, 4) is 5.75 Å². The van der Waals surface area contributed by atoms with E-state index in [1.165, 1.54) is 12.8 Å². The maximum absolute atomic E-state index is 11.8. The molecule has 3 aromatic heterocycles. The Hall–Kier alpha value is -3.79. The number of hydrogen-bond acceptors (Lipinski definition) is 8. The number of carbonyl (C=O) groups excluding carboxylic acids is 1. The summed E-state index contributed by atoms with van der Waals surface area (Å²) >= 11 is 0. The van der Waals surface area contributed by atoms with E-state index >= 15 is 0 Å². The monoisotopic (exact) mass is 435 g/mol. The number of nitrogens with zero attached hydrogens (tertiary/aromatic N) is 5. The predicted molar refractivity (Wildman–Crippen MR) is 121 cm³/mol. The molecule has 4 heterocycles. The summed E-state index contributed by atoms with van der Waals surface area (Å²) in [6.45, 7) is 2.28. The Morgan fingerprint density at radius 3 is 2.81 bits per heavy atom. The lowest BCUT2D eigenvalue weighted by Gasteiger charge is -2.15. The third-order valence-corrected chi connectivity index (χ3v) is 5.14. The minimum atomic E-state index is -0.326. The number of nitrogens with one attached hydrogen (secondary N) is 2. The smallest absolute Gasteiger partial charge is 0.270 e. The normalized spacial score (nSPS) is 13.1. The largest absolute Gasteiger partial charge is 0.496 e. The van der Waals surface area contributed by atoms with Gasteiger partial charge in [0.05, 0.1) is 25.6 Å². The summed E-state index contributed by atoms with van der Waals surface area (Å²) in [5, 5.41) is 12.1.